The summed E-state index contributed by atoms with van der Waals surface area (Å²) in [7, 11) is 0. The number of hydrogen-bond acceptors (Lipinski definition) is 3. The summed E-state index contributed by atoms with van der Waals surface area (Å²) in [6.07, 6.45) is 3.47. The highest BCUT2D eigenvalue weighted by Crippen LogP contribution is 2.23. The van der Waals surface area contributed by atoms with Gasteiger partial charge in [0.25, 0.3) is 0 Å². The van der Waals surface area contributed by atoms with Crippen LogP contribution in [-0.4, -0.2) is 18.8 Å². The van der Waals surface area contributed by atoms with Gasteiger partial charge in [0.1, 0.15) is 0 Å². The van der Waals surface area contributed by atoms with E-state index in [1.54, 1.807) is 0 Å². The molecule has 0 bridgehead atoms. The van der Waals surface area contributed by atoms with Crippen molar-refractivity contribution in [2.45, 2.75) is 66.0 Å². The number of hydrogen-bond donors (Lipinski definition) is 2. The maximum atomic E-state index is 5.67. The number of hydrazine groups is 1. The van der Waals surface area contributed by atoms with Crippen LogP contribution in [0.3, 0.4) is 0 Å². The monoisotopic (exact) mass is 216 g/mol. The summed E-state index contributed by atoms with van der Waals surface area (Å²) in [5.41, 5.74) is 3.25. The van der Waals surface area contributed by atoms with Crippen LogP contribution in [0.4, 0.5) is 0 Å². The quantitative estimate of drug-likeness (QED) is 0.507. The lowest BCUT2D eigenvalue weighted by Crippen LogP contribution is -2.45. The Kier molecular flexibility index (Phi) is 7.14. The summed E-state index contributed by atoms with van der Waals surface area (Å²) >= 11 is 0. The second kappa shape index (κ2) is 7.20. The Morgan fingerprint density at radius 3 is 2.20 bits per heavy atom. The third kappa shape index (κ3) is 6.88. The molecule has 0 spiro atoms. The van der Waals surface area contributed by atoms with Crippen molar-refractivity contribution >= 4 is 0 Å². The van der Waals surface area contributed by atoms with Gasteiger partial charge in [0.2, 0.25) is 0 Å². The van der Waals surface area contributed by atoms with Crippen molar-refractivity contribution in [3.05, 3.63) is 0 Å². The molecule has 0 rings (SSSR count). The van der Waals surface area contributed by atoms with Gasteiger partial charge in [0.15, 0.2) is 0 Å². The Labute approximate surface area is 94.7 Å². The zero-order valence-corrected chi connectivity index (χ0v) is 11.0. The lowest BCUT2D eigenvalue weighted by atomic mass is 9.87. The molecule has 0 aliphatic heterocycles. The molecule has 0 heterocycles. The first kappa shape index (κ1) is 14.9. The second-order valence-corrected chi connectivity index (χ2v) is 5.27. The zero-order chi connectivity index (χ0) is 11.9. The normalized spacial score (nSPS) is 16.4. The van der Waals surface area contributed by atoms with Crippen LogP contribution in [0.1, 0.15) is 53.9 Å². The highest BCUT2D eigenvalue weighted by molar-refractivity contribution is 4.76. The van der Waals surface area contributed by atoms with Crippen molar-refractivity contribution in [3.8, 4) is 0 Å². The topological polar surface area (TPSA) is 47.3 Å². The van der Waals surface area contributed by atoms with E-state index in [0.717, 1.165) is 25.9 Å². The van der Waals surface area contributed by atoms with Crippen molar-refractivity contribution in [3.63, 3.8) is 0 Å². The largest absolute Gasteiger partial charge is 0.377 e. The molecule has 3 N–H and O–H groups in total. The minimum atomic E-state index is 0.238. The van der Waals surface area contributed by atoms with Gasteiger partial charge in [0, 0.05) is 12.6 Å². The fourth-order valence-electron chi connectivity index (χ4n) is 1.70. The fourth-order valence-corrected chi connectivity index (χ4v) is 1.70. The predicted molar refractivity (Wildman–Crippen MR) is 65.5 cm³/mol. The summed E-state index contributed by atoms with van der Waals surface area (Å²) in [5.74, 6) is 5.58. The molecule has 0 saturated heterocycles. The average Bonchev–Trinajstić information content (AvgIpc) is 2.15. The van der Waals surface area contributed by atoms with E-state index >= 15 is 0 Å². The molecule has 0 aliphatic rings. The molecule has 0 fully saturated rings. The third-order valence-corrected chi connectivity index (χ3v) is 2.65. The molecule has 2 atom stereocenters. The van der Waals surface area contributed by atoms with Gasteiger partial charge < -0.3 is 4.74 Å². The van der Waals surface area contributed by atoms with E-state index in [-0.39, 0.29) is 12.1 Å². The number of nitrogens with one attached hydrogen (secondary N) is 1. The highest BCUT2D eigenvalue weighted by atomic mass is 16.5. The van der Waals surface area contributed by atoms with Gasteiger partial charge in [-0.25, -0.2) is 0 Å². The Hall–Kier alpha value is -0.120. The molecule has 3 nitrogen and oxygen atoms in total. The standard InChI is InChI=1S/C12H28N2O/c1-6-11(15-7-2)10(14-13)8-9-12(3,4)5/h10-11,14H,6-9,13H2,1-5H3. The first-order valence-electron chi connectivity index (χ1n) is 6.02. The fraction of sp³-hybridized carbons (Fsp3) is 1.00. The first-order chi connectivity index (χ1) is 6.94. The molecule has 0 aromatic heterocycles. The molecule has 3 heteroatoms. The molecule has 0 aromatic carbocycles. The summed E-state index contributed by atoms with van der Waals surface area (Å²) < 4.78 is 5.67. The number of nitrogens with two attached hydrogens (primary N) is 1. The van der Waals surface area contributed by atoms with Crippen LogP contribution in [0.2, 0.25) is 0 Å². The molecular formula is C12H28N2O. The summed E-state index contributed by atoms with van der Waals surface area (Å²) in [5, 5.41) is 0. The van der Waals surface area contributed by atoms with Crippen molar-refractivity contribution in [2.75, 3.05) is 6.61 Å². The van der Waals surface area contributed by atoms with Crippen molar-refractivity contribution in [1.82, 2.24) is 5.43 Å². The van der Waals surface area contributed by atoms with E-state index in [0.29, 0.717) is 5.41 Å². The number of rotatable bonds is 7. The van der Waals surface area contributed by atoms with Crippen LogP contribution >= 0.6 is 0 Å². The van der Waals surface area contributed by atoms with Gasteiger partial charge in [-0.05, 0) is 31.6 Å². The minimum absolute atomic E-state index is 0.238. The van der Waals surface area contributed by atoms with Crippen LogP contribution in [0.25, 0.3) is 0 Å². The average molecular weight is 216 g/mol. The molecule has 0 aromatic rings. The minimum Gasteiger partial charge on any atom is -0.377 e. The van der Waals surface area contributed by atoms with Gasteiger partial charge in [-0.1, -0.05) is 27.7 Å². The lowest BCUT2D eigenvalue weighted by molar-refractivity contribution is 0.0268. The molecular weight excluding hydrogens is 188 g/mol. The first-order valence-corrected chi connectivity index (χ1v) is 6.02. The van der Waals surface area contributed by atoms with Crippen molar-refractivity contribution in [2.24, 2.45) is 11.3 Å². The van der Waals surface area contributed by atoms with E-state index < -0.39 is 0 Å². The second-order valence-electron chi connectivity index (χ2n) is 5.27. The predicted octanol–water partition coefficient (Wildman–Crippen LogP) is 2.46. The molecule has 0 saturated carbocycles. The van der Waals surface area contributed by atoms with E-state index in [2.05, 4.69) is 33.1 Å². The molecule has 2 unspecified atom stereocenters. The van der Waals surface area contributed by atoms with Gasteiger partial charge >= 0.3 is 0 Å². The van der Waals surface area contributed by atoms with Crippen LogP contribution < -0.4 is 11.3 Å². The van der Waals surface area contributed by atoms with Crippen LogP contribution in [0.15, 0.2) is 0 Å². The molecule has 15 heavy (non-hydrogen) atoms. The third-order valence-electron chi connectivity index (χ3n) is 2.65. The van der Waals surface area contributed by atoms with Gasteiger partial charge in [0.05, 0.1) is 6.10 Å². The summed E-state index contributed by atoms with van der Waals surface area (Å²) in [6, 6.07) is 0.272. The van der Waals surface area contributed by atoms with Gasteiger partial charge in [-0.15, -0.1) is 0 Å². The SMILES string of the molecule is CCOC(CC)C(CCC(C)(C)C)NN. The Morgan fingerprint density at radius 2 is 1.87 bits per heavy atom. The maximum absolute atomic E-state index is 5.67. The lowest BCUT2D eigenvalue weighted by Gasteiger charge is -2.28. The van der Waals surface area contributed by atoms with E-state index in [9.17, 15) is 0 Å². The van der Waals surface area contributed by atoms with Crippen LogP contribution in [0, 0.1) is 5.41 Å². The van der Waals surface area contributed by atoms with Crippen LogP contribution in [-0.2, 0) is 4.74 Å². The van der Waals surface area contributed by atoms with Gasteiger partial charge in [-0.3, -0.25) is 11.3 Å². The maximum Gasteiger partial charge on any atom is 0.0738 e. The molecule has 0 radical (unpaired) electrons. The highest BCUT2D eigenvalue weighted by Gasteiger charge is 2.21. The molecule has 0 aliphatic carbocycles. The zero-order valence-electron chi connectivity index (χ0n) is 11.0. The van der Waals surface area contributed by atoms with E-state index in [1.165, 1.54) is 0 Å². The summed E-state index contributed by atoms with van der Waals surface area (Å²) in [4.78, 5) is 0. The summed E-state index contributed by atoms with van der Waals surface area (Å²) in [6.45, 7) is 11.7. The van der Waals surface area contributed by atoms with Crippen molar-refractivity contribution < 1.29 is 4.74 Å². The molecule has 92 valence electrons. The Balaban J connectivity index is 4.09. The Bertz CT molecular complexity index is 154. The number of ether oxygens (including phenoxy) is 1. The van der Waals surface area contributed by atoms with Crippen molar-refractivity contribution in [1.29, 1.82) is 0 Å². The van der Waals surface area contributed by atoms with E-state index in [4.69, 9.17) is 10.6 Å². The smallest absolute Gasteiger partial charge is 0.0738 e. The van der Waals surface area contributed by atoms with Crippen LogP contribution in [0.5, 0.6) is 0 Å². The Morgan fingerprint density at radius 1 is 1.27 bits per heavy atom. The van der Waals surface area contributed by atoms with Gasteiger partial charge in [-0.2, -0.15) is 0 Å². The molecule has 0 amide bonds. The van der Waals surface area contributed by atoms with E-state index in [1.807, 2.05) is 6.92 Å².